The Labute approximate surface area is 209 Å². The summed E-state index contributed by atoms with van der Waals surface area (Å²) < 4.78 is 27.9. The lowest BCUT2D eigenvalue weighted by atomic mass is 10.1. The van der Waals surface area contributed by atoms with Crippen LogP contribution in [0.3, 0.4) is 0 Å². The third-order valence-electron chi connectivity index (χ3n) is 6.38. The third kappa shape index (κ3) is 6.11. The van der Waals surface area contributed by atoms with Crippen LogP contribution in [0.5, 0.6) is 0 Å². The molecule has 0 aromatic heterocycles. The summed E-state index contributed by atoms with van der Waals surface area (Å²) in [6.45, 7) is 8.76. The van der Waals surface area contributed by atoms with E-state index in [1.54, 1.807) is 16.4 Å². The Morgan fingerprint density at radius 2 is 1.41 bits per heavy atom. The standard InChI is InChI=1S/C28H34N2O2S2/c1-22-9-11-27(12-10-22)34(31,32)30-15-13-29(14-16-30)28(26-7-5-4-6-8-26)21-33-20-25-18-23(2)17-24(3)19-25/h4-12,17-19,28H,13-16,20-21H2,1-3H3. The van der Waals surface area contributed by atoms with Crippen molar-refractivity contribution in [3.8, 4) is 0 Å². The SMILES string of the molecule is Cc1ccc(S(=O)(=O)N2CCN(C(CSCc3cc(C)cc(C)c3)c3ccccc3)CC2)cc1. The molecular formula is C28H34N2O2S2. The maximum atomic E-state index is 13.1. The van der Waals surface area contributed by atoms with Crippen molar-refractivity contribution in [3.05, 3.63) is 101 Å². The number of sulfonamides is 1. The molecule has 0 radical (unpaired) electrons. The molecule has 1 fully saturated rings. The zero-order valence-corrected chi connectivity index (χ0v) is 21.9. The fourth-order valence-electron chi connectivity index (χ4n) is 4.64. The number of benzene rings is 3. The Morgan fingerprint density at radius 3 is 2.03 bits per heavy atom. The Balaban J connectivity index is 1.43. The van der Waals surface area contributed by atoms with Crippen molar-refractivity contribution in [1.29, 1.82) is 0 Å². The molecule has 3 aromatic rings. The number of hydrogen-bond acceptors (Lipinski definition) is 4. The lowest BCUT2D eigenvalue weighted by Gasteiger charge is -2.39. The molecule has 1 saturated heterocycles. The second kappa shape index (κ2) is 11.1. The van der Waals surface area contributed by atoms with Crippen LogP contribution in [0.25, 0.3) is 0 Å². The topological polar surface area (TPSA) is 40.6 Å². The van der Waals surface area contributed by atoms with E-state index in [0.29, 0.717) is 18.0 Å². The van der Waals surface area contributed by atoms with Gasteiger partial charge >= 0.3 is 0 Å². The van der Waals surface area contributed by atoms with Gasteiger partial charge in [0.25, 0.3) is 0 Å². The monoisotopic (exact) mass is 494 g/mol. The summed E-state index contributed by atoms with van der Waals surface area (Å²) in [5.74, 6) is 1.95. The quantitative estimate of drug-likeness (QED) is 0.409. The van der Waals surface area contributed by atoms with Crippen LogP contribution in [0.1, 0.15) is 33.9 Å². The molecule has 34 heavy (non-hydrogen) atoms. The molecular weight excluding hydrogens is 460 g/mol. The minimum absolute atomic E-state index is 0.265. The number of piperazine rings is 1. The number of thioether (sulfide) groups is 1. The molecule has 1 unspecified atom stereocenters. The second-order valence-corrected chi connectivity index (χ2v) is 12.2. The van der Waals surface area contributed by atoms with Gasteiger partial charge in [-0.15, -0.1) is 0 Å². The van der Waals surface area contributed by atoms with Gasteiger partial charge in [-0.25, -0.2) is 8.42 Å². The Morgan fingerprint density at radius 1 is 0.794 bits per heavy atom. The van der Waals surface area contributed by atoms with Crippen molar-refractivity contribution in [2.24, 2.45) is 0 Å². The summed E-state index contributed by atoms with van der Waals surface area (Å²) in [4.78, 5) is 2.83. The van der Waals surface area contributed by atoms with Crippen molar-refractivity contribution in [1.82, 2.24) is 9.21 Å². The van der Waals surface area contributed by atoms with E-state index in [2.05, 4.69) is 67.3 Å². The van der Waals surface area contributed by atoms with Crippen LogP contribution in [-0.2, 0) is 15.8 Å². The molecule has 180 valence electrons. The third-order valence-corrected chi connectivity index (χ3v) is 9.38. The van der Waals surface area contributed by atoms with Gasteiger partial charge in [0, 0.05) is 43.7 Å². The fraction of sp³-hybridized carbons (Fsp3) is 0.357. The fourth-order valence-corrected chi connectivity index (χ4v) is 7.21. The largest absolute Gasteiger partial charge is 0.293 e. The van der Waals surface area contributed by atoms with Crippen molar-refractivity contribution in [2.45, 2.75) is 37.5 Å². The van der Waals surface area contributed by atoms with Crippen molar-refractivity contribution >= 4 is 21.8 Å². The van der Waals surface area contributed by atoms with E-state index in [9.17, 15) is 8.42 Å². The summed E-state index contributed by atoms with van der Waals surface area (Å²) in [6, 6.07) is 24.8. The highest BCUT2D eigenvalue weighted by Crippen LogP contribution is 2.29. The van der Waals surface area contributed by atoms with E-state index < -0.39 is 10.0 Å². The number of hydrogen-bond donors (Lipinski definition) is 0. The van der Waals surface area contributed by atoms with Crippen LogP contribution in [0.2, 0.25) is 0 Å². The highest BCUT2D eigenvalue weighted by molar-refractivity contribution is 7.98. The maximum absolute atomic E-state index is 13.1. The first-order valence-electron chi connectivity index (χ1n) is 11.8. The Kier molecular flexibility index (Phi) is 8.14. The van der Waals surface area contributed by atoms with Crippen LogP contribution in [0, 0.1) is 20.8 Å². The zero-order chi connectivity index (χ0) is 24.1. The normalized spacial score (nSPS) is 16.4. The predicted octanol–water partition coefficient (Wildman–Crippen LogP) is 5.59. The highest BCUT2D eigenvalue weighted by atomic mass is 32.2. The van der Waals surface area contributed by atoms with E-state index >= 15 is 0 Å². The molecule has 1 aliphatic heterocycles. The molecule has 0 bridgehead atoms. The van der Waals surface area contributed by atoms with E-state index in [0.717, 1.165) is 30.2 Å². The summed E-state index contributed by atoms with van der Waals surface area (Å²) in [5, 5.41) is 0. The number of nitrogens with zero attached hydrogens (tertiary/aromatic N) is 2. The van der Waals surface area contributed by atoms with E-state index in [4.69, 9.17) is 0 Å². The van der Waals surface area contributed by atoms with Gasteiger partial charge in [0.15, 0.2) is 0 Å². The summed E-state index contributed by atoms with van der Waals surface area (Å²) >= 11 is 1.95. The minimum atomic E-state index is -3.45. The molecule has 1 aliphatic rings. The molecule has 6 heteroatoms. The molecule has 0 N–H and O–H groups in total. The molecule has 1 atom stereocenters. The number of rotatable bonds is 8. The van der Waals surface area contributed by atoms with Gasteiger partial charge in [0.2, 0.25) is 10.0 Å². The van der Waals surface area contributed by atoms with Gasteiger partial charge in [-0.2, -0.15) is 16.1 Å². The Hall–Kier alpha value is -2.12. The molecule has 0 amide bonds. The van der Waals surface area contributed by atoms with Gasteiger partial charge in [-0.05, 0) is 44.0 Å². The molecule has 4 rings (SSSR count). The first kappa shape index (κ1) is 25.0. The van der Waals surface area contributed by atoms with Crippen LogP contribution in [0.4, 0.5) is 0 Å². The zero-order valence-electron chi connectivity index (χ0n) is 20.3. The average molecular weight is 495 g/mol. The molecule has 0 aliphatic carbocycles. The lowest BCUT2D eigenvalue weighted by molar-refractivity contribution is 0.148. The average Bonchev–Trinajstić information content (AvgIpc) is 2.82. The highest BCUT2D eigenvalue weighted by Gasteiger charge is 2.31. The van der Waals surface area contributed by atoms with Crippen LogP contribution >= 0.6 is 11.8 Å². The van der Waals surface area contributed by atoms with Crippen molar-refractivity contribution in [3.63, 3.8) is 0 Å². The molecule has 1 heterocycles. The van der Waals surface area contributed by atoms with E-state index in [-0.39, 0.29) is 6.04 Å². The first-order chi connectivity index (χ1) is 16.3. The summed E-state index contributed by atoms with van der Waals surface area (Å²) in [6.07, 6.45) is 0. The first-order valence-corrected chi connectivity index (χ1v) is 14.4. The van der Waals surface area contributed by atoms with Gasteiger partial charge in [-0.3, -0.25) is 4.90 Å². The molecule has 0 spiro atoms. The van der Waals surface area contributed by atoms with Gasteiger partial charge in [0.1, 0.15) is 0 Å². The van der Waals surface area contributed by atoms with Crippen LogP contribution in [0.15, 0.2) is 77.7 Å². The predicted molar refractivity (Wildman–Crippen MR) is 143 cm³/mol. The van der Waals surface area contributed by atoms with Crippen molar-refractivity contribution in [2.75, 3.05) is 31.9 Å². The van der Waals surface area contributed by atoms with Gasteiger partial charge in [0.05, 0.1) is 4.90 Å². The van der Waals surface area contributed by atoms with Crippen LogP contribution in [-0.4, -0.2) is 49.6 Å². The van der Waals surface area contributed by atoms with Crippen molar-refractivity contribution < 1.29 is 8.42 Å². The number of aryl methyl sites for hydroxylation is 3. The lowest BCUT2D eigenvalue weighted by Crippen LogP contribution is -2.50. The van der Waals surface area contributed by atoms with Crippen LogP contribution < -0.4 is 0 Å². The summed E-state index contributed by atoms with van der Waals surface area (Å²) in [7, 11) is -3.45. The maximum Gasteiger partial charge on any atom is 0.243 e. The molecule has 4 nitrogen and oxygen atoms in total. The van der Waals surface area contributed by atoms with E-state index in [1.807, 2.05) is 30.8 Å². The van der Waals surface area contributed by atoms with E-state index in [1.165, 1.54) is 22.3 Å². The summed E-state index contributed by atoms with van der Waals surface area (Å²) in [5.41, 5.74) is 6.34. The molecule has 3 aromatic carbocycles. The smallest absolute Gasteiger partial charge is 0.243 e. The molecule has 0 saturated carbocycles. The second-order valence-electron chi connectivity index (χ2n) is 9.19. The Bertz CT molecular complexity index is 1170. The van der Waals surface area contributed by atoms with Gasteiger partial charge < -0.3 is 0 Å². The minimum Gasteiger partial charge on any atom is -0.293 e. The van der Waals surface area contributed by atoms with Gasteiger partial charge in [-0.1, -0.05) is 77.4 Å².